The number of anilines is 1. The van der Waals surface area contributed by atoms with E-state index in [9.17, 15) is 4.79 Å². The topological polar surface area (TPSA) is 71.8 Å². The number of amides is 1. The smallest absolute Gasteiger partial charge is 0.239 e. The van der Waals surface area contributed by atoms with Crippen molar-refractivity contribution in [3.05, 3.63) is 41.3 Å². The SMILES string of the molecule is Cc1cc(NC(=O)CN[C@H](c2ncccc2C)C(C)C)n(C)n1. The van der Waals surface area contributed by atoms with Crippen molar-refractivity contribution in [1.29, 1.82) is 0 Å². The number of aryl methyl sites for hydroxylation is 3. The molecule has 0 fully saturated rings. The lowest BCUT2D eigenvalue weighted by atomic mass is 9.97. The maximum atomic E-state index is 12.2. The van der Waals surface area contributed by atoms with Gasteiger partial charge < -0.3 is 5.32 Å². The molecular formula is C17H25N5O. The number of hydrogen-bond donors (Lipinski definition) is 2. The molecule has 0 unspecified atom stereocenters. The van der Waals surface area contributed by atoms with E-state index in [1.165, 1.54) is 0 Å². The first-order valence-electron chi connectivity index (χ1n) is 7.84. The van der Waals surface area contributed by atoms with Crippen molar-refractivity contribution in [2.24, 2.45) is 13.0 Å². The Labute approximate surface area is 137 Å². The molecule has 0 aliphatic heterocycles. The quantitative estimate of drug-likeness (QED) is 0.858. The van der Waals surface area contributed by atoms with Gasteiger partial charge in [-0.1, -0.05) is 19.9 Å². The van der Waals surface area contributed by atoms with Crippen molar-refractivity contribution in [2.45, 2.75) is 33.7 Å². The van der Waals surface area contributed by atoms with Gasteiger partial charge in [0.2, 0.25) is 5.91 Å². The van der Waals surface area contributed by atoms with Crippen molar-refractivity contribution in [1.82, 2.24) is 20.1 Å². The van der Waals surface area contributed by atoms with Crippen LogP contribution in [0, 0.1) is 19.8 Å². The molecule has 0 saturated carbocycles. The molecule has 124 valence electrons. The molecule has 2 rings (SSSR count). The lowest BCUT2D eigenvalue weighted by Gasteiger charge is -2.23. The van der Waals surface area contributed by atoms with E-state index in [2.05, 4.69) is 34.6 Å². The molecule has 0 aliphatic rings. The van der Waals surface area contributed by atoms with E-state index >= 15 is 0 Å². The van der Waals surface area contributed by atoms with E-state index < -0.39 is 0 Å². The molecule has 2 heterocycles. The van der Waals surface area contributed by atoms with Crippen molar-refractivity contribution in [3.8, 4) is 0 Å². The second-order valence-corrected chi connectivity index (χ2v) is 6.15. The zero-order valence-electron chi connectivity index (χ0n) is 14.4. The van der Waals surface area contributed by atoms with E-state index in [4.69, 9.17) is 0 Å². The number of aromatic nitrogens is 3. The van der Waals surface area contributed by atoms with Crippen LogP contribution in [-0.2, 0) is 11.8 Å². The largest absolute Gasteiger partial charge is 0.310 e. The van der Waals surface area contributed by atoms with Crippen LogP contribution in [0.25, 0.3) is 0 Å². The van der Waals surface area contributed by atoms with Crippen LogP contribution in [0.1, 0.15) is 36.8 Å². The fourth-order valence-electron chi connectivity index (χ4n) is 2.59. The van der Waals surface area contributed by atoms with Crippen molar-refractivity contribution in [3.63, 3.8) is 0 Å². The number of carbonyl (C=O) groups excluding carboxylic acids is 1. The Bertz CT molecular complexity index is 677. The van der Waals surface area contributed by atoms with Crippen molar-refractivity contribution >= 4 is 11.7 Å². The molecule has 0 saturated heterocycles. The Morgan fingerprint density at radius 3 is 2.65 bits per heavy atom. The van der Waals surface area contributed by atoms with Crippen LogP contribution >= 0.6 is 0 Å². The minimum Gasteiger partial charge on any atom is -0.310 e. The van der Waals surface area contributed by atoms with Gasteiger partial charge in [0.1, 0.15) is 5.82 Å². The highest BCUT2D eigenvalue weighted by Gasteiger charge is 2.19. The van der Waals surface area contributed by atoms with Gasteiger partial charge in [-0.25, -0.2) is 0 Å². The van der Waals surface area contributed by atoms with Crippen molar-refractivity contribution in [2.75, 3.05) is 11.9 Å². The van der Waals surface area contributed by atoms with Crippen LogP contribution in [0.3, 0.4) is 0 Å². The molecule has 0 spiro atoms. The van der Waals surface area contributed by atoms with Gasteiger partial charge in [0.05, 0.1) is 24.0 Å². The van der Waals surface area contributed by atoms with E-state index in [0.29, 0.717) is 11.7 Å². The average Bonchev–Trinajstić information content (AvgIpc) is 2.78. The van der Waals surface area contributed by atoms with Gasteiger partial charge in [-0.05, 0) is 31.4 Å². The fraction of sp³-hybridized carbons (Fsp3) is 0.471. The fourth-order valence-corrected chi connectivity index (χ4v) is 2.59. The maximum Gasteiger partial charge on any atom is 0.239 e. The van der Waals surface area contributed by atoms with Gasteiger partial charge in [-0.3, -0.25) is 19.8 Å². The summed E-state index contributed by atoms with van der Waals surface area (Å²) >= 11 is 0. The second kappa shape index (κ2) is 7.37. The Balaban J connectivity index is 2.00. The highest BCUT2D eigenvalue weighted by atomic mass is 16.2. The number of nitrogens with one attached hydrogen (secondary N) is 2. The van der Waals surface area contributed by atoms with E-state index in [0.717, 1.165) is 17.0 Å². The Kier molecular flexibility index (Phi) is 5.50. The molecular weight excluding hydrogens is 290 g/mol. The highest BCUT2D eigenvalue weighted by molar-refractivity contribution is 5.91. The highest BCUT2D eigenvalue weighted by Crippen LogP contribution is 2.22. The van der Waals surface area contributed by atoms with E-state index in [-0.39, 0.29) is 18.5 Å². The van der Waals surface area contributed by atoms with Gasteiger partial charge in [0, 0.05) is 19.3 Å². The summed E-state index contributed by atoms with van der Waals surface area (Å²) in [7, 11) is 1.81. The standard InChI is InChI=1S/C17H25N5O/c1-11(2)16(17-12(3)7-6-8-18-17)19-10-15(23)20-14-9-13(4)21-22(14)5/h6-9,11,16,19H,10H2,1-5H3,(H,20,23)/t16-/m0/s1. The number of carbonyl (C=O) groups is 1. The van der Waals surface area contributed by atoms with Gasteiger partial charge in [0.15, 0.2) is 0 Å². The summed E-state index contributed by atoms with van der Waals surface area (Å²) in [5.41, 5.74) is 2.99. The van der Waals surface area contributed by atoms with Crippen LogP contribution in [0.15, 0.2) is 24.4 Å². The molecule has 1 amide bonds. The van der Waals surface area contributed by atoms with Gasteiger partial charge in [0.25, 0.3) is 0 Å². The van der Waals surface area contributed by atoms with Crippen LogP contribution in [0.4, 0.5) is 5.82 Å². The molecule has 0 aromatic carbocycles. The zero-order chi connectivity index (χ0) is 17.0. The van der Waals surface area contributed by atoms with Gasteiger partial charge in [-0.15, -0.1) is 0 Å². The molecule has 2 aromatic rings. The molecule has 0 radical (unpaired) electrons. The minimum atomic E-state index is -0.0905. The number of rotatable bonds is 6. The molecule has 1 atom stereocenters. The van der Waals surface area contributed by atoms with Crippen LogP contribution in [-0.4, -0.2) is 27.2 Å². The third-order valence-corrected chi connectivity index (χ3v) is 3.76. The summed E-state index contributed by atoms with van der Waals surface area (Å²) in [6, 6.07) is 5.85. The van der Waals surface area contributed by atoms with Crippen LogP contribution in [0.2, 0.25) is 0 Å². The normalized spacial score (nSPS) is 12.4. The third-order valence-electron chi connectivity index (χ3n) is 3.76. The molecule has 23 heavy (non-hydrogen) atoms. The average molecular weight is 315 g/mol. The Morgan fingerprint density at radius 2 is 2.09 bits per heavy atom. The predicted octanol–water partition coefficient (Wildman–Crippen LogP) is 2.36. The Hall–Kier alpha value is -2.21. The van der Waals surface area contributed by atoms with E-state index in [1.807, 2.05) is 39.1 Å². The van der Waals surface area contributed by atoms with E-state index in [1.54, 1.807) is 10.9 Å². The molecule has 2 N–H and O–H groups in total. The molecule has 6 heteroatoms. The van der Waals surface area contributed by atoms with Crippen LogP contribution < -0.4 is 10.6 Å². The maximum absolute atomic E-state index is 12.2. The second-order valence-electron chi connectivity index (χ2n) is 6.15. The monoisotopic (exact) mass is 315 g/mol. The zero-order valence-corrected chi connectivity index (χ0v) is 14.4. The lowest BCUT2D eigenvalue weighted by Crippen LogP contribution is -2.34. The summed E-state index contributed by atoms with van der Waals surface area (Å²) in [4.78, 5) is 16.7. The number of nitrogens with zero attached hydrogens (tertiary/aromatic N) is 3. The molecule has 2 aromatic heterocycles. The van der Waals surface area contributed by atoms with Gasteiger partial charge in [-0.2, -0.15) is 5.10 Å². The van der Waals surface area contributed by atoms with Crippen molar-refractivity contribution < 1.29 is 4.79 Å². The third kappa shape index (κ3) is 4.39. The summed E-state index contributed by atoms with van der Waals surface area (Å²) in [6.45, 7) is 8.40. The first-order valence-corrected chi connectivity index (χ1v) is 7.84. The minimum absolute atomic E-state index is 0.0372. The lowest BCUT2D eigenvalue weighted by molar-refractivity contribution is -0.115. The first-order chi connectivity index (χ1) is 10.9. The first kappa shape index (κ1) is 17.1. The molecule has 0 aliphatic carbocycles. The van der Waals surface area contributed by atoms with Crippen LogP contribution in [0.5, 0.6) is 0 Å². The summed E-state index contributed by atoms with van der Waals surface area (Å²) < 4.78 is 1.66. The Morgan fingerprint density at radius 1 is 1.35 bits per heavy atom. The summed E-state index contributed by atoms with van der Waals surface area (Å²) in [5, 5.41) is 10.4. The number of hydrogen-bond acceptors (Lipinski definition) is 4. The summed E-state index contributed by atoms with van der Waals surface area (Å²) in [6.07, 6.45) is 1.79. The molecule has 6 nitrogen and oxygen atoms in total. The molecule has 0 bridgehead atoms. The number of pyridine rings is 1. The summed E-state index contributed by atoms with van der Waals surface area (Å²) in [5.74, 6) is 0.937. The van der Waals surface area contributed by atoms with Gasteiger partial charge >= 0.3 is 0 Å². The predicted molar refractivity (Wildman–Crippen MR) is 91.1 cm³/mol.